The van der Waals surface area contributed by atoms with E-state index in [2.05, 4.69) is 0 Å². The topological polar surface area (TPSA) is 46.6 Å². The SMILES string of the molecule is O=S1(=O)CCOCCCN1Cc1ccc(F)cc1. The van der Waals surface area contributed by atoms with E-state index in [-0.39, 0.29) is 18.2 Å². The average molecular weight is 273 g/mol. The lowest BCUT2D eigenvalue weighted by molar-refractivity contribution is 0.133. The zero-order chi connectivity index (χ0) is 13.0. The molecule has 0 saturated carbocycles. The molecule has 1 saturated heterocycles. The van der Waals surface area contributed by atoms with Gasteiger partial charge in [0.25, 0.3) is 0 Å². The van der Waals surface area contributed by atoms with Gasteiger partial charge in [0.05, 0.1) is 12.4 Å². The van der Waals surface area contributed by atoms with Gasteiger partial charge < -0.3 is 4.74 Å². The van der Waals surface area contributed by atoms with Crippen LogP contribution in [0, 0.1) is 5.82 Å². The van der Waals surface area contributed by atoms with Gasteiger partial charge in [-0.2, -0.15) is 4.31 Å². The van der Waals surface area contributed by atoms with Crippen LogP contribution in [0.15, 0.2) is 24.3 Å². The minimum atomic E-state index is -3.28. The Morgan fingerprint density at radius 2 is 1.94 bits per heavy atom. The van der Waals surface area contributed by atoms with Gasteiger partial charge in [-0.3, -0.25) is 0 Å². The standard InChI is InChI=1S/C12H16FNO3S/c13-12-4-2-11(3-5-12)10-14-6-1-7-17-8-9-18(14,15)16/h2-5H,1,6-10H2. The van der Waals surface area contributed by atoms with Gasteiger partial charge in [0, 0.05) is 19.7 Å². The molecule has 0 aromatic heterocycles. The first-order chi connectivity index (χ1) is 8.58. The molecular formula is C12H16FNO3S. The predicted molar refractivity (Wildman–Crippen MR) is 66.0 cm³/mol. The molecule has 0 spiro atoms. The van der Waals surface area contributed by atoms with E-state index in [1.54, 1.807) is 12.1 Å². The van der Waals surface area contributed by atoms with Crippen LogP contribution in [-0.4, -0.2) is 38.2 Å². The zero-order valence-electron chi connectivity index (χ0n) is 10.0. The minimum absolute atomic E-state index is 0.00813. The molecule has 1 aliphatic rings. The Hall–Kier alpha value is -0.980. The second-order valence-electron chi connectivity index (χ2n) is 4.24. The third kappa shape index (κ3) is 3.51. The van der Waals surface area contributed by atoms with Crippen LogP contribution in [0.5, 0.6) is 0 Å². The first-order valence-electron chi connectivity index (χ1n) is 5.88. The van der Waals surface area contributed by atoms with Crippen molar-refractivity contribution >= 4 is 10.0 Å². The maximum atomic E-state index is 12.8. The molecule has 0 amide bonds. The van der Waals surface area contributed by atoms with Gasteiger partial charge >= 0.3 is 0 Å². The Morgan fingerprint density at radius 3 is 2.67 bits per heavy atom. The fourth-order valence-corrected chi connectivity index (χ4v) is 3.19. The third-order valence-corrected chi connectivity index (χ3v) is 4.63. The molecule has 6 heteroatoms. The molecule has 1 aromatic rings. The fraction of sp³-hybridized carbons (Fsp3) is 0.500. The molecule has 1 fully saturated rings. The molecule has 1 aliphatic heterocycles. The number of nitrogens with zero attached hydrogens (tertiary/aromatic N) is 1. The Balaban J connectivity index is 2.11. The molecule has 0 atom stereocenters. The highest BCUT2D eigenvalue weighted by Gasteiger charge is 2.23. The van der Waals surface area contributed by atoms with Crippen LogP contribution in [0.2, 0.25) is 0 Å². The first kappa shape index (κ1) is 13.5. The normalized spacial score (nSPS) is 21.2. The maximum absolute atomic E-state index is 12.8. The molecule has 100 valence electrons. The fourth-order valence-electron chi connectivity index (χ4n) is 1.85. The van der Waals surface area contributed by atoms with Gasteiger partial charge in [-0.1, -0.05) is 12.1 Å². The summed E-state index contributed by atoms with van der Waals surface area (Å²) in [4.78, 5) is 0. The number of rotatable bonds is 2. The first-order valence-corrected chi connectivity index (χ1v) is 7.49. The summed E-state index contributed by atoms with van der Waals surface area (Å²) in [5.41, 5.74) is 0.793. The van der Waals surface area contributed by atoms with E-state index in [1.165, 1.54) is 16.4 Å². The Labute approximate surface area is 106 Å². The molecule has 1 aromatic carbocycles. The molecule has 0 radical (unpaired) electrons. The highest BCUT2D eigenvalue weighted by atomic mass is 32.2. The number of ether oxygens (including phenoxy) is 1. The minimum Gasteiger partial charge on any atom is -0.380 e. The van der Waals surface area contributed by atoms with Crippen LogP contribution < -0.4 is 0 Å². The van der Waals surface area contributed by atoms with E-state index < -0.39 is 10.0 Å². The molecule has 2 rings (SSSR count). The largest absolute Gasteiger partial charge is 0.380 e. The summed E-state index contributed by atoms with van der Waals surface area (Å²) in [7, 11) is -3.28. The lowest BCUT2D eigenvalue weighted by Gasteiger charge is -2.24. The summed E-state index contributed by atoms with van der Waals surface area (Å²) in [6, 6.07) is 5.91. The van der Waals surface area contributed by atoms with Crippen molar-refractivity contribution in [3.8, 4) is 0 Å². The van der Waals surface area contributed by atoms with E-state index >= 15 is 0 Å². The van der Waals surface area contributed by atoms with Gasteiger partial charge in [0.15, 0.2) is 0 Å². The van der Waals surface area contributed by atoms with Crippen molar-refractivity contribution in [2.45, 2.75) is 13.0 Å². The Morgan fingerprint density at radius 1 is 1.22 bits per heavy atom. The highest BCUT2D eigenvalue weighted by molar-refractivity contribution is 7.89. The van der Waals surface area contributed by atoms with E-state index in [4.69, 9.17) is 4.74 Å². The number of benzene rings is 1. The molecule has 4 nitrogen and oxygen atoms in total. The highest BCUT2D eigenvalue weighted by Crippen LogP contribution is 2.13. The summed E-state index contributed by atoms with van der Waals surface area (Å²) in [6.07, 6.45) is 0.681. The van der Waals surface area contributed by atoms with Crippen molar-refractivity contribution in [2.75, 3.05) is 25.5 Å². The summed E-state index contributed by atoms with van der Waals surface area (Å²) >= 11 is 0. The van der Waals surface area contributed by atoms with Gasteiger partial charge in [-0.15, -0.1) is 0 Å². The average Bonchev–Trinajstić information content (AvgIpc) is 2.32. The maximum Gasteiger partial charge on any atom is 0.216 e. The second kappa shape index (κ2) is 5.77. The molecule has 0 aliphatic carbocycles. The molecular weight excluding hydrogens is 257 g/mol. The molecule has 0 bridgehead atoms. The Bertz CT molecular complexity index is 487. The van der Waals surface area contributed by atoms with Crippen molar-refractivity contribution in [1.29, 1.82) is 0 Å². The summed E-state index contributed by atoms with van der Waals surface area (Å²) in [5, 5.41) is 0. The smallest absolute Gasteiger partial charge is 0.216 e. The van der Waals surface area contributed by atoms with E-state index in [0.29, 0.717) is 26.1 Å². The lowest BCUT2D eigenvalue weighted by Crippen LogP contribution is -2.37. The van der Waals surface area contributed by atoms with Gasteiger partial charge in [-0.25, -0.2) is 12.8 Å². The number of sulfonamides is 1. The van der Waals surface area contributed by atoms with Crippen molar-refractivity contribution < 1.29 is 17.5 Å². The summed E-state index contributed by atoms with van der Waals surface area (Å²) < 4.78 is 43.4. The second-order valence-corrected chi connectivity index (χ2v) is 6.33. The van der Waals surface area contributed by atoms with Crippen LogP contribution >= 0.6 is 0 Å². The van der Waals surface area contributed by atoms with Gasteiger partial charge in [0.1, 0.15) is 5.82 Å². The molecule has 0 N–H and O–H groups in total. The van der Waals surface area contributed by atoms with Crippen LogP contribution in [0.25, 0.3) is 0 Å². The number of hydrogen-bond acceptors (Lipinski definition) is 3. The van der Waals surface area contributed by atoms with Crippen LogP contribution in [0.3, 0.4) is 0 Å². The van der Waals surface area contributed by atoms with Crippen molar-refractivity contribution in [3.05, 3.63) is 35.6 Å². The van der Waals surface area contributed by atoms with Crippen LogP contribution in [0.1, 0.15) is 12.0 Å². The quantitative estimate of drug-likeness (QED) is 0.818. The van der Waals surface area contributed by atoms with Crippen LogP contribution in [-0.2, 0) is 21.3 Å². The van der Waals surface area contributed by atoms with Crippen molar-refractivity contribution in [1.82, 2.24) is 4.31 Å². The molecule has 0 unspecified atom stereocenters. The number of halogens is 1. The van der Waals surface area contributed by atoms with E-state index in [1.807, 2.05) is 0 Å². The number of hydrogen-bond donors (Lipinski definition) is 0. The molecule has 18 heavy (non-hydrogen) atoms. The van der Waals surface area contributed by atoms with Gasteiger partial charge in [0.2, 0.25) is 10.0 Å². The van der Waals surface area contributed by atoms with Crippen LogP contribution in [0.4, 0.5) is 4.39 Å². The molecule has 1 heterocycles. The summed E-state index contributed by atoms with van der Waals surface area (Å²) in [5.74, 6) is -0.309. The predicted octanol–water partition coefficient (Wildman–Crippen LogP) is 1.38. The van der Waals surface area contributed by atoms with Crippen molar-refractivity contribution in [2.24, 2.45) is 0 Å². The van der Waals surface area contributed by atoms with E-state index in [9.17, 15) is 12.8 Å². The van der Waals surface area contributed by atoms with Gasteiger partial charge in [-0.05, 0) is 24.1 Å². The lowest BCUT2D eigenvalue weighted by atomic mass is 10.2. The zero-order valence-corrected chi connectivity index (χ0v) is 10.8. The third-order valence-electron chi connectivity index (χ3n) is 2.85. The summed E-state index contributed by atoms with van der Waals surface area (Å²) in [6.45, 7) is 1.56. The monoisotopic (exact) mass is 273 g/mol. The van der Waals surface area contributed by atoms with E-state index in [0.717, 1.165) is 5.56 Å². The Kier molecular flexibility index (Phi) is 4.31. The van der Waals surface area contributed by atoms with Crippen molar-refractivity contribution in [3.63, 3.8) is 0 Å².